The van der Waals surface area contributed by atoms with Crippen LogP contribution in [0.25, 0.3) is 55.0 Å². The predicted molar refractivity (Wildman–Crippen MR) is 235 cm³/mol. The van der Waals surface area contributed by atoms with Gasteiger partial charge in [-0.1, -0.05) is 0 Å². The summed E-state index contributed by atoms with van der Waals surface area (Å²) in [6, 6.07) is 75.2. The monoisotopic (exact) mass is 895 g/mol. The first-order valence-corrected chi connectivity index (χ1v) is 20.2. The van der Waals surface area contributed by atoms with Gasteiger partial charge < -0.3 is 0 Å². The maximum absolute atomic E-state index is 2.55. The predicted octanol–water partition coefficient (Wildman–Crippen LogP) is 9.72. The molecule has 3 heterocycles. The average Bonchev–Trinajstić information content (AvgIpc) is 3.90. The van der Waals surface area contributed by atoms with Gasteiger partial charge in [0.2, 0.25) is 0 Å². The number of benzene rings is 8. The van der Waals surface area contributed by atoms with Gasteiger partial charge in [-0.25, -0.2) is 0 Å². The zero-order valence-corrected chi connectivity index (χ0v) is 32.7. The molecule has 266 valence electrons. The summed E-state index contributed by atoms with van der Waals surface area (Å²) in [5.41, 5.74) is 12.0. The van der Waals surface area contributed by atoms with Crippen molar-refractivity contribution >= 4 is 83.5 Å². The summed E-state index contributed by atoms with van der Waals surface area (Å²) in [6.07, 6.45) is 0. The van der Waals surface area contributed by atoms with Crippen molar-refractivity contribution in [1.82, 2.24) is 9.13 Å². The zero-order valence-electron chi connectivity index (χ0n) is 30.4. The van der Waals surface area contributed by atoms with Crippen molar-refractivity contribution in [2.75, 3.05) is 9.62 Å². The normalized spacial score (nSPS) is 13.3. The fourth-order valence-corrected chi connectivity index (χ4v) is 10.2. The summed E-state index contributed by atoms with van der Waals surface area (Å²) in [5, 5.41) is 5.08. The van der Waals surface area contributed by atoms with E-state index in [9.17, 15) is 0 Å². The summed E-state index contributed by atoms with van der Waals surface area (Å²) >= 11 is 2.55. The van der Waals surface area contributed by atoms with Gasteiger partial charge in [-0.15, -0.1) is 0 Å². The van der Waals surface area contributed by atoms with Crippen LogP contribution >= 0.6 is 0 Å². The van der Waals surface area contributed by atoms with Crippen molar-refractivity contribution in [2.45, 2.75) is 0 Å². The molecular formula is C49H34B2N4Pt. The molecule has 4 nitrogen and oxygen atoms in total. The number of rotatable bonds is 6. The van der Waals surface area contributed by atoms with E-state index in [1.807, 2.05) is 0 Å². The molecule has 56 heavy (non-hydrogen) atoms. The number of para-hydroxylation sites is 6. The van der Waals surface area contributed by atoms with Crippen LogP contribution in [0.5, 0.6) is 0 Å². The first kappa shape index (κ1) is 33.0. The van der Waals surface area contributed by atoms with Crippen LogP contribution in [0.2, 0.25) is 0 Å². The summed E-state index contributed by atoms with van der Waals surface area (Å²) in [5.74, 6) is 0. The third-order valence-electron chi connectivity index (χ3n) is 11.4. The Hall–Kier alpha value is -6.35. The Morgan fingerprint density at radius 1 is 0.286 bits per heavy atom. The molecule has 2 aromatic heterocycles. The van der Waals surface area contributed by atoms with E-state index in [1.165, 1.54) is 65.9 Å². The van der Waals surface area contributed by atoms with E-state index in [0.29, 0.717) is 0 Å². The van der Waals surface area contributed by atoms with Gasteiger partial charge >= 0.3 is 339 Å². The molecule has 0 spiro atoms. The number of nitrogens with zero attached hydrogens (tertiary/aromatic N) is 4. The van der Waals surface area contributed by atoms with Gasteiger partial charge in [-0.3, -0.25) is 0 Å². The third-order valence-corrected chi connectivity index (χ3v) is 12.5. The number of hydrogen-bond acceptors (Lipinski definition) is 2. The van der Waals surface area contributed by atoms with E-state index in [2.05, 4.69) is 244 Å². The molecule has 1 fully saturated rings. The Morgan fingerprint density at radius 3 is 0.893 bits per heavy atom. The van der Waals surface area contributed by atoms with Gasteiger partial charge in [0.05, 0.1) is 0 Å². The second kappa shape index (κ2) is 13.4. The van der Waals surface area contributed by atoms with Crippen molar-refractivity contribution in [3.8, 4) is 11.4 Å². The fraction of sp³-hybridized carbons (Fsp3) is 0. The van der Waals surface area contributed by atoms with E-state index in [0.717, 1.165) is 15.5 Å². The summed E-state index contributed by atoms with van der Waals surface area (Å²) < 4.78 is 5.96. The molecule has 1 aliphatic heterocycles. The fourth-order valence-electron chi connectivity index (χ4n) is 9.01. The van der Waals surface area contributed by atoms with Crippen LogP contribution in [0.4, 0.5) is 11.4 Å². The molecule has 0 radical (unpaired) electrons. The van der Waals surface area contributed by atoms with Crippen LogP contribution in [0.3, 0.4) is 0 Å². The average molecular weight is 896 g/mol. The van der Waals surface area contributed by atoms with E-state index in [4.69, 9.17) is 0 Å². The van der Waals surface area contributed by atoms with Crippen LogP contribution in [-0.2, 0) is 19.4 Å². The Balaban J connectivity index is 1.08. The van der Waals surface area contributed by atoms with Crippen molar-refractivity contribution in [2.24, 2.45) is 0 Å². The Labute approximate surface area is 337 Å². The molecular weight excluding hydrogens is 861 g/mol. The van der Waals surface area contributed by atoms with Gasteiger partial charge in [-0.05, 0) is 0 Å². The Bertz CT molecular complexity index is 2750. The number of fused-ring (bicyclic) bond motifs is 6. The molecule has 0 atom stereocenters. The van der Waals surface area contributed by atoms with Crippen molar-refractivity contribution in [3.05, 3.63) is 206 Å². The van der Waals surface area contributed by atoms with E-state index >= 15 is 0 Å². The first-order chi connectivity index (χ1) is 27.7. The van der Waals surface area contributed by atoms with Crippen molar-refractivity contribution in [3.63, 3.8) is 0 Å². The third kappa shape index (κ3) is 5.17. The quantitative estimate of drug-likeness (QED) is 0.155. The molecule has 1 saturated heterocycles. The molecule has 8 aromatic carbocycles. The van der Waals surface area contributed by atoms with Crippen LogP contribution in [0, 0.1) is 0 Å². The molecule has 7 heteroatoms. The SMILES string of the molecule is [Pt]=[C]1N(c2ccccc2)B(c2ccc(-n3c4ccccc4c4ccccc43)cc2)B(c2ccc(-n3c4ccccc4c4ccccc43)cc2)N1c1ccccc1. The van der Waals surface area contributed by atoms with Crippen LogP contribution in [0.1, 0.15) is 0 Å². The molecule has 0 aliphatic carbocycles. The van der Waals surface area contributed by atoms with Gasteiger partial charge in [-0.2, -0.15) is 0 Å². The summed E-state index contributed by atoms with van der Waals surface area (Å²) in [6.45, 7) is -0.0345. The summed E-state index contributed by atoms with van der Waals surface area (Å²) in [7, 11) is 0. The topological polar surface area (TPSA) is 16.3 Å². The van der Waals surface area contributed by atoms with Gasteiger partial charge in [0, 0.05) is 0 Å². The van der Waals surface area contributed by atoms with Crippen LogP contribution in [-0.4, -0.2) is 26.8 Å². The second-order valence-electron chi connectivity index (χ2n) is 14.5. The van der Waals surface area contributed by atoms with Gasteiger partial charge in [0.15, 0.2) is 0 Å². The summed E-state index contributed by atoms with van der Waals surface area (Å²) in [4.78, 5) is 5.05. The molecule has 0 saturated carbocycles. The van der Waals surface area contributed by atoms with E-state index in [1.54, 1.807) is 0 Å². The molecule has 1 aliphatic rings. The first-order valence-electron chi connectivity index (χ1n) is 19.1. The number of aromatic nitrogens is 2. The number of anilines is 2. The molecule has 0 N–H and O–H groups in total. The van der Waals surface area contributed by atoms with E-state index < -0.39 is 0 Å². The zero-order chi connectivity index (χ0) is 37.2. The molecule has 10 aromatic rings. The van der Waals surface area contributed by atoms with Crippen molar-refractivity contribution < 1.29 is 19.4 Å². The molecule has 0 bridgehead atoms. The van der Waals surface area contributed by atoms with Crippen LogP contribution in [0.15, 0.2) is 206 Å². The van der Waals surface area contributed by atoms with Crippen LogP contribution < -0.4 is 20.5 Å². The molecule has 11 rings (SSSR count). The van der Waals surface area contributed by atoms with Gasteiger partial charge in [0.1, 0.15) is 0 Å². The van der Waals surface area contributed by atoms with Crippen molar-refractivity contribution in [1.29, 1.82) is 0 Å². The standard InChI is InChI=1S/C49H34B2N4.Pt/c1-3-15-38(16-4-1)52-35-53(39-17-5-2-6-18-39)51(37-29-33-41(34-30-37)55-48-25-13-9-21-44(48)45-22-10-14-26-49(45)55)50(52)36-27-31-40(32-28-36)54-46-23-11-7-19-42(46)43-20-8-12-24-47(43)54;/h1-34H;. The minimum absolute atomic E-state index is 0.0172. The number of hydrogen-bond donors (Lipinski definition) is 0. The second-order valence-corrected chi connectivity index (χ2v) is 15.5. The Kier molecular flexibility index (Phi) is 7.93. The Morgan fingerprint density at radius 2 is 0.571 bits per heavy atom. The van der Waals surface area contributed by atoms with Gasteiger partial charge in [0.25, 0.3) is 0 Å². The maximum atomic E-state index is 2.55. The minimum atomic E-state index is -0.0172. The molecule has 0 amide bonds. The van der Waals surface area contributed by atoms with E-state index in [-0.39, 0.29) is 13.5 Å². The molecule has 0 unspecified atom stereocenters.